The highest BCUT2D eigenvalue weighted by atomic mass is 15.1. The van der Waals surface area contributed by atoms with Gasteiger partial charge < -0.3 is 0 Å². The van der Waals surface area contributed by atoms with Crippen LogP contribution in [0.4, 0.5) is 5.69 Å². The molecule has 0 aliphatic rings. The molecule has 0 saturated heterocycles. The summed E-state index contributed by atoms with van der Waals surface area (Å²) in [5.74, 6) is 0. The van der Waals surface area contributed by atoms with Crippen molar-refractivity contribution in [2.45, 2.75) is 13.8 Å². The van der Waals surface area contributed by atoms with Crippen LogP contribution in [0.3, 0.4) is 0 Å². The van der Waals surface area contributed by atoms with Gasteiger partial charge in [-0.3, -0.25) is 0 Å². The maximum Gasteiger partial charge on any atom is 0.156 e. The Bertz CT molecular complexity index is 277. The van der Waals surface area contributed by atoms with Crippen LogP contribution in [0, 0.1) is 13.8 Å². The average Bonchev–Trinajstić information content (AvgIpc) is 1.98. The minimum atomic E-state index is 1.02. The third kappa shape index (κ3) is 1.87. The first kappa shape index (κ1) is 7.92. The second-order valence-corrected chi connectivity index (χ2v) is 2.63. The van der Waals surface area contributed by atoms with Gasteiger partial charge in [-0.25, -0.2) is 0 Å². The predicted molar refractivity (Wildman–Crippen MR) is 44.9 cm³/mol. The molecule has 58 valence electrons. The van der Waals surface area contributed by atoms with Crippen LogP contribution in [0.15, 0.2) is 23.3 Å². The third-order valence-corrected chi connectivity index (χ3v) is 1.60. The first-order valence-corrected chi connectivity index (χ1v) is 3.69. The molecular formula is C9H13N2+. The highest BCUT2D eigenvalue weighted by molar-refractivity contribution is 5.46. The molecule has 0 heterocycles. The number of azo groups is 1. The molecule has 0 atom stereocenters. The van der Waals surface area contributed by atoms with Gasteiger partial charge in [0.15, 0.2) is 7.05 Å². The first-order valence-electron chi connectivity index (χ1n) is 3.69. The number of aryl methyl sites for hydroxylation is 2. The molecular weight excluding hydrogens is 136 g/mol. The van der Waals surface area contributed by atoms with Crippen molar-refractivity contribution in [2.75, 3.05) is 7.05 Å². The molecule has 1 N–H and O–H groups in total. The number of nitrogens with one attached hydrogen (secondary N) is 1. The Morgan fingerprint density at radius 3 is 2.64 bits per heavy atom. The summed E-state index contributed by atoms with van der Waals surface area (Å²) in [7, 11) is 1.81. The van der Waals surface area contributed by atoms with Gasteiger partial charge in [-0.15, -0.1) is 5.11 Å². The molecule has 1 rings (SSSR count). The Morgan fingerprint density at radius 1 is 1.27 bits per heavy atom. The van der Waals surface area contributed by atoms with Crippen molar-refractivity contribution in [1.29, 1.82) is 0 Å². The Labute approximate surface area is 67.0 Å². The number of rotatable bonds is 1. The van der Waals surface area contributed by atoms with Gasteiger partial charge in [-0.1, -0.05) is 12.1 Å². The molecule has 0 aromatic heterocycles. The summed E-state index contributed by atoms with van der Waals surface area (Å²) in [6.07, 6.45) is 0. The fourth-order valence-electron chi connectivity index (χ4n) is 0.960. The minimum absolute atomic E-state index is 1.02. The van der Waals surface area contributed by atoms with E-state index in [0.29, 0.717) is 0 Å². The predicted octanol–water partition coefficient (Wildman–Crippen LogP) is 1.10. The van der Waals surface area contributed by atoms with Crippen LogP contribution in [-0.2, 0) is 0 Å². The second kappa shape index (κ2) is 3.28. The van der Waals surface area contributed by atoms with Crippen molar-refractivity contribution >= 4 is 5.69 Å². The summed E-state index contributed by atoms with van der Waals surface area (Å²) < 4.78 is 0. The first-order chi connectivity index (χ1) is 5.24. The van der Waals surface area contributed by atoms with Gasteiger partial charge in [0.1, 0.15) is 5.69 Å². The molecule has 0 radical (unpaired) electrons. The summed E-state index contributed by atoms with van der Waals surface area (Å²) in [6, 6.07) is 6.22. The average molecular weight is 149 g/mol. The van der Waals surface area contributed by atoms with Gasteiger partial charge in [0.2, 0.25) is 0 Å². The van der Waals surface area contributed by atoms with Crippen molar-refractivity contribution in [3.8, 4) is 0 Å². The van der Waals surface area contributed by atoms with Gasteiger partial charge in [-0.05, 0) is 36.2 Å². The van der Waals surface area contributed by atoms with Gasteiger partial charge in [-0.2, -0.15) is 0 Å². The van der Waals surface area contributed by atoms with Gasteiger partial charge in [0.25, 0.3) is 0 Å². The summed E-state index contributed by atoms with van der Waals surface area (Å²) in [5, 5.41) is 6.89. The zero-order valence-corrected chi connectivity index (χ0v) is 7.18. The van der Waals surface area contributed by atoms with E-state index >= 15 is 0 Å². The molecule has 0 saturated carbocycles. The summed E-state index contributed by atoms with van der Waals surface area (Å²) in [6.45, 7) is 4.11. The SMILES string of the molecule is C[NH+]=Nc1cc(C)ccc1C. The topological polar surface area (TPSA) is 26.3 Å². The lowest BCUT2D eigenvalue weighted by Gasteiger charge is -1.96. The normalized spacial score (nSPS) is 10.8. The van der Waals surface area contributed by atoms with Crippen LogP contribution < -0.4 is 5.11 Å². The van der Waals surface area contributed by atoms with E-state index in [1.54, 1.807) is 0 Å². The van der Waals surface area contributed by atoms with Crippen LogP contribution in [0.5, 0.6) is 0 Å². The second-order valence-electron chi connectivity index (χ2n) is 2.63. The quantitative estimate of drug-likeness (QED) is 0.579. The summed E-state index contributed by atoms with van der Waals surface area (Å²) >= 11 is 0. The van der Waals surface area contributed by atoms with Gasteiger partial charge in [0, 0.05) is 0 Å². The van der Waals surface area contributed by atoms with E-state index in [9.17, 15) is 0 Å². The van der Waals surface area contributed by atoms with Crippen LogP contribution in [0.2, 0.25) is 0 Å². The largest absolute Gasteiger partial charge is 0.156 e. The van der Waals surface area contributed by atoms with E-state index in [-0.39, 0.29) is 0 Å². The maximum absolute atomic E-state index is 4.12. The van der Waals surface area contributed by atoms with Gasteiger partial charge in [0.05, 0.1) is 0 Å². The van der Waals surface area contributed by atoms with E-state index < -0.39 is 0 Å². The zero-order valence-electron chi connectivity index (χ0n) is 7.18. The molecule has 2 nitrogen and oxygen atoms in total. The molecule has 0 amide bonds. The maximum atomic E-state index is 4.12. The molecule has 11 heavy (non-hydrogen) atoms. The Balaban J connectivity index is 3.12. The molecule has 1 aromatic carbocycles. The Hall–Kier alpha value is -1.18. The Kier molecular flexibility index (Phi) is 2.36. The fraction of sp³-hybridized carbons (Fsp3) is 0.333. The number of benzene rings is 1. The van der Waals surface area contributed by atoms with E-state index in [4.69, 9.17) is 0 Å². The van der Waals surface area contributed by atoms with Crippen LogP contribution >= 0.6 is 0 Å². The van der Waals surface area contributed by atoms with E-state index in [2.05, 4.69) is 42.3 Å². The zero-order chi connectivity index (χ0) is 8.27. The highest BCUT2D eigenvalue weighted by Crippen LogP contribution is 2.17. The van der Waals surface area contributed by atoms with Crippen molar-refractivity contribution in [1.82, 2.24) is 0 Å². The smallest absolute Gasteiger partial charge is 0.140 e. The fourth-order valence-corrected chi connectivity index (χ4v) is 0.960. The number of hydrogen-bond donors (Lipinski definition) is 1. The summed E-state index contributed by atoms with van der Waals surface area (Å²) in [4.78, 5) is 0. The lowest BCUT2D eigenvalue weighted by atomic mass is 10.1. The molecule has 0 aliphatic carbocycles. The van der Waals surface area contributed by atoms with Crippen molar-refractivity contribution < 1.29 is 5.11 Å². The summed E-state index contributed by atoms with van der Waals surface area (Å²) in [5.41, 5.74) is 3.46. The molecule has 0 fully saturated rings. The lowest BCUT2D eigenvalue weighted by molar-refractivity contribution is -0.494. The van der Waals surface area contributed by atoms with E-state index in [1.165, 1.54) is 11.1 Å². The van der Waals surface area contributed by atoms with E-state index in [0.717, 1.165) is 5.69 Å². The molecule has 0 aliphatic heterocycles. The van der Waals surface area contributed by atoms with Crippen molar-refractivity contribution in [2.24, 2.45) is 5.11 Å². The van der Waals surface area contributed by atoms with Crippen LogP contribution in [0.1, 0.15) is 11.1 Å². The third-order valence-electron chi connectivity index (χ3n) is 1.60. The van der Waals surface area contributed by atoms with Gasteiger partial charge >= 0.3 is 0 Å². The number of hydrogen-bond acceptors (Lipinski definition) is 1. The molecule has 2 heteroatoms. The highest BCUT2D eigenvalue weighted by Gasteiger charge is 1.97. The monoisotopic (exact) mass is 149 g/mol. The van der Waals surface area contributed by atoms with Crippen LogP contribution in [-0.4, -0.2) is 7.05 Å². The molecule has 0 spiro atoms. The molecule has 0 unspecified atom stereocenters. The molecule has 1 aromatic rings. The standard InChI is InChI=1S/C9H12N2/c1-7-4-5-8(2)9(6-7)11-10-3/h4-6H,1-3H3/p+1. The van der Waals surface area contributed by atoms with Crippen LogP contribution in [0.25, 0.3) is 0 Å². The van der Waals surface area contributed by atoms with E-state index in [1.807, 2.05) is 7.05 Å². The van der Waals surface area contributed by atoms with Crippen molar-refractivity contribution in [3.05, 3.63) is 29.3 Å². The van der Waals surface area contributed by atoms with Crippen molar-refractivity contribution in [3.63, 3.8) is 0 Å². The minimum Gasteiger partial charge on any atom is -0.140 e. The number of nitrogens with zero attached hydrogens (tertiary/aromatic N) is 1. The molecule has 0 bridgehead atoms. The Morgan fingerprint density at radius 2 is 2.00 bits per heavy atom. The lowest BCUT2D eigenvalue weighted by Crippen LogP contribution is -2.58.